The fourth-order valence-electron chi connectivity index (χ4n) is 1.66. The molecule has 0 spiro atoms. The van der Waals surface area contributed by atoms with Crippen LogP contribution in [0.5, 0.6) is 11.5 Å². The van der Waals surface area contributed by atoms with Crippen LogP contribution in [-0.2, 0) is 0 Å². The minimum atomic E-state index is -1.49. The number of carbonyl (C=O) groups is 1. The summed E-state index contributed by atoms with van der Waals surface area (Å²) in [6.07, 6.45) is 0.895. The second kappa shape index (κ2) is 5.08. The molecule has 0 aliphatic carbocycles. The highest BCUT2D eigenvalue weighted by Crippen LogP contribution is 2.27. The van der Waals surface area contributed by atoms with Crippen molar-refractivity contribution < 1.29 is 9.53 Å². The lowest BCUT2D eigenvalue weighted by Gasteiger charge is -2.16. The highest BCUT2D eigenvalue weighted by atomic mass is 32.1. The molecule has 0 N–H and O–H groups in total. The number of hydrogen-bond donors (Lipinski definition) is 0. The Labute approximate surface area is 112 Å². The monoisotopic (exact) mass is 276 g/mol. The lowest BCUT2D eigenvalue weighted by atomic mass is 10.3. The molecule has 0 unspecified atom stereocenters. The summed E-state index contributed by atoms with van der Waals surface area (Å²) in [6, 6.07) is 11.5. The first kappa shape index (κ1) is 13.0. The molecule has 1 aromatic carbocycles. The summed E-state index contributed by atoms with van der Waals surface area (Å²) in [4.78, 5) is 11.7. The van der Waals surface area contributed by atoms with Gasteiger partial charge >= 0.3 is 0 Å². The molecule has 1 heterocycles. The van der Waals surface area contributed by atoms with Crippen molar-refractivity contribution in [1.29, 1.82) is 0 Å². The fraction of sp³-hybridized carbons (Fsp3) is 0.214. The average molecular weight is 276 g/mol. The van der Waals surface area contributed by atoms with E-state index in [-0.39, 0.29) is 0 Å². The predicted molar refractivity (Wildman–Crippen MR) is 79.2 cm³/mol. The zero-order valence-electron chi connectivity index (χ0n) is 10.8. The quantitative estimate of drug-likeness (QED) is 0.625. The minimum Gasteiger partial charge on any atom is -0.457 e. The molecule has 0 atom stereocenters. The Kier molecular flexibility index (Phi) is 3.68. The van der Waals surface area contributed by atoms with Crippen LogP contribution in [0.25, 0.3) is 0 Å². The normalized spacial score (nSPS) is 11.3. The van der Waals surface area contributed by atoms with Crippen LogP contribution in [0.4, 0.5) is 0 Å². The van der Waals surface area contributed by atoms with Gasteiger partial charge in [0.15, 0.2) is 6.29 Å². The lowest BCUT2D eigenvalue weighted by Crippen LogP contribution is -2.35. The van der Waals surface area contributed by atoms with Crippen LogP contribution in [0, 0.1) is 0 Å². The maximum Gasteiger partial charge on any atom is 0.160 e. The zero-order chi connectivity index (χ0) is 13.2. The molecule has 0 bridgehead atoms. The first-order valence-corrected chi connectivity index (χ1v) is 10.1. The van der Waals surface area contributed by atoms with E-state index in [1.54, 1.807) is 11.3 Å². The van der Waals surface area contributed by atoms with Crippen LogP contribution >= 0.6 is 11.3 Å². The maximum absolute atomic E-state index is 10.9. The number of aldehydes is 1. The fourth-order valence-corrected chi connectivity index (χ4v) is 4.76. The first-order chi connectivity index (χ1) is 8.50. The van der Waals surface area contributed by atoms with E-state index in [0.29, 0.717) is 0 Å². The van der Waals surface area contributed by atoms with Crippen molar-refractivity contribution in [3.8, 4) is 11.5 Å². The molecule has 4 heteroatoms. The van der Waals surface area contributed by atoms with E-state index in [2.05, 4.69) is 19.6 Å². The van der Waals surface area contributed by atoms with Crippen LogP contribution in [0.1, 0.15) is 9.67 Å². The molecule has 2 aromatic rings. The van der Waals surface area contributed by atoms with Crippen molar-refractivity contribution in [3.63, 3.8) is 0 Å². The third-order valence-electron chi connectivity index (χ3n) is 2.49. The van der Waals surface area contributed by atoms with Gasteiger partial charge in [0.25, 0.3) is 0 Å². The summed E-state index contributed by atoms with van der Waals surface area (Å²) >= 11 is 1.55. The van der Waals surface area contributed by atoms with E-state index in [1.165, 1.54) is 4.50 Å². The zero-order valence-corrected chi connectivity index (χ0v) is 12.6. The van der Waals surface area contributed by atoms with Gasteiger partial charge in [-0.15, -0.1) is 11.3 Å². The molecule has 0 radical (unpaired) electrons. The third-order valence-corrected chi connectivity index (χ3v) is 7.09. The summed E-state index contributed by atoms with van der Waals surface area (Å²) < 4.78 is 7.13. The molecule has 2 rings (SSSR count). The number of rotatable bonds is 4. The highest BCUT2D eigenvalue weighted by molar-refractivity contribution is 7.28. The summed E-state index contributed by atoms with van der Waals surface area (Å²) in [7, 11) is -1.49. The number of ether oxygens (including phenoxy) is 1. The van der Waals surface area contributed by atoms with Crippen molar-refractivity contribution in [2.24, 2.45) is 0 Å². The van der Waals surface area contributed by atoms with Gasteiger partial charge in [0, 0.05) is 10.6 Å². The first-order valence-electron chi connectivity index (χ1n) is 5.83. The van der Waals surface area contributed by atoms with Gasteiger partial charge in [0.2, 0.25) is 0 Å². The van der Waals surface area contributed by atoms with E-state index in [1.807, 2.05) is 36.4 Å². The van der Waals surface area contributed by atoms with Gasteiger partial charge in [-0.3, -0.25) is 4.79 Å². The summed E-state index contributed by atoms with van der Waals surface area (Å²) in [5.74, 6) is 1.65. The lowest BCUT2D eigenvalue weighted by molar-refractivity contribution is 0.112. The SMILES string of the molecule is C[Si](C)(C)c1sc(C=O)cc1Oc1ccccc1. The van der Waals surface area contributed by atoms with Gasteiger partial charge in [0.05, 0.1) is 13.0 Å². The average Bonchev–Trinajstić information content (AvgIpc) is 2.73. The van der Waals surface area contributed by atoms with Gasteiger partial charge in [-0.05, 0) is 12.1 Å². The number of hydrogen-bond acceptors (Lipinski definition) is 3. The van der Waals surface area contributed by atoms with E-state index in [4.69, 9.17) is 4.74 Å². The number of benzene rings is 1. The summed E-state index contributed by atoms with van der Waals surface area (Å²) in [5, 5.41) is 0. The van der Waals surface area contributed by atoms with Gasteiger partial charge < -0.3 is 4.74 Å². The van der Waals surface area contributed by atoms with Crippen molar-refractivity contribution in [1.82, 2.24) is 0 Å². The summed E-state index contributed by atoms with van der Waals surface area (Å²) in [5.41, 5.74) is 0. The second-order valence-corrected chi connectivity index (χ2v) is 11.6. The van der Waals surface area contributed by atoms with Crippen molar-refractivity contribution >= 4 is 30.2 Å². The second-order valence-electron chi connectivity index (χ2n) is 5.13. The maximum atomic E-state index is 10.9. The Balaban J connectivity index is 2.38. The number of para-hydroxylation sites is 1. The Morgan fingerprint density at radius 1 is 1.17 bits per heavy atom. The molecule has 0 aliphatic rings. The highest BCUT2D eigenvalue weighted by Gasteiger charge is 2.25. The summed E-state index contributed by atoms with van der Waals surface area (Å²) in [6.45, 7) is 6.77. The Morgan fingerprint density at radius 2 is 1.83 bits per heavy atom. The van der Waals surface area contributed by atoms with Gasteiger partial charge in [0.1, 0.15) is 11.5 Å². The van der Waals surface area contributed by atoms with E-state index >= 15 is 0 Å². The van der Waals surface area contributed by atoms with Crippen LogP contribution in [0.3, 0.4) is 0 Å². The molecule has 0 amide bonds. The molecule has 0 aliphatic heterocycles. The van der Waals surface area contributed by atoms with Gasteiger partial charge in [-0.2, -0.15) is 0 Å². The Bertz CT molecular complexity index is 541. The molecule has 0 fully saturated rings. The molecule has 94 valence electrons. The van der Waals surface area contributed by atoms with Crippen molar-refractivity contribution in [2.75, 3.05) is 0 Å². The van der Waals surface area contributed by atoms with E-state index in [0.717, 1.165) is 22.7 Å². The molecular formula is C14H16O2SSi. The standard InChI is InChI=1S/C14H16O2SSi/c1-18(2,3)14-13(9-12(10-15)17-14)16-11-7-5-4-6-8-11/h4-10H,1-3H3. The molecule has 2 nitrogen and oxygen atoms in total. The smallest absolute Gasteiger partial charge is 0.160 e. The minimum absolute atomic E-state index is 0.735. The van der Waals surface area contributed by atoms with Crippen LogP contribution < -0.4 is 9.24 Å². The van der Waals surface area contributed by atoms with E-state index < -0.39 is 8.07 Å². The molecule has 0 saturated heterocycles. The van der Waals surface area contributed by atoms with Gasteiger partial charge in [-0.1, -0.05) is 37.8 Å². The topological polar surface area (TPSA) is 26.3 Å². The van der Waals surface area contributed by atoms with Crippen molar-refractivity contribution in [2.45, 2.75) is 19.6 Å². The Hall–Kier alpha value is -1.39. The van der Waals surface area contributed by atoms with Gasteiger partial charge in [-0.25, -0.2) is 0 Å². The number of carbonyl (C=O) groups excluding carboxylic acids is 1. The van der Waals surface area contributed by atoms with E-state index in [9.17, 15) is 4.79 Å². The number of thiophene rings is 1. The molecular weight excluding hydrogens is 260 g/mol. The molecule has 0 saturated carbocycles. The van der Waals surface area contributed by atoms with Crippen LogP contribution in [0.15, 0.2) is 36.4 Å². The molecule has 18 heavy (non-hydrogen) atoms. The largest absolute Gasteiger partial charge is 0.457 e. The van der Waals surface area contributed by atoms with Crippen LogP contribution in [0.2, 0.25) is 19.6 Å². The third kappa shape index (κ3) is 2.89. The van der Waals surface area contributed by atoms with Crippen LogP contribution in [-0.4, -0.2) is 14.4 Å². The van der Waals surface area contributed by atoms with Crippen molar-refractivity contribution in [3.05, 3.63) is 41.3 Å². The predicted octanol–water partition coefficient (Wildman–Crippen LogP) is 3.90. The molecule has 1 aromatic heterocycles. The Morgan fingerprint density at radius 3 is 2.39 bits per heavy atom.